The molecule has 8 heteroatoms. The van der Waals surface area contributed by atoms with E-state index in [9.17, 15) is 18.7 Å². The van der Waals surface area contributed by atoms with E-state index in [0.29, 0.717) is 11.0 Å². The van der Waals surface area contributed by atoms with Gasteiger partial charge in [-0.2, -0.15) is 13.3 Å². The second kappa shape index (κ2) is 7.49. The molecule has 0 amide bonds. The average molecular weight is 432 g/mol. The predicted octanol–water partition coefficient (Wildman–Crippen LogP) is 0.878. The molecule has 1 heterocycles. The second-order valence-corrected chi connectivity index (χ2v) is 5.76. The lowest BCUT2D eigenvalue weighted by Gasteiger charge is -2.04. The number of para-hydroxylation sites is 2. The highest BCUT2D eigenvalue weighted by atomic mass is 79.9. The molecule has 0 atom stereocenters. The molecule has 4 nitrogen and oxygen atoms in total. The van der Waals surface area contributed by atoms with Crippen molar-refractivity contribution in [2.24, 2.45) is 0 Å². The lowest BCUT2D eigenvalue weighted by molar-refractivity contribution is -0.664. The summed E-state index contributed by atoms with van der Waals surface area (Å²) in [7, 11) is 0. The van der Waals surface area contributed by atoms with Gasteiger partial charge in [0.05, 0.1) is 5.02 Å². The Balaban J connectivity index is 0.00000225. The van der Waals surface area contributed by atoms with Crippen molar-refractivity contribution in [2.75, 3.05) is 0 Å². The van der Waals surface area contributed by atoms with E-state index in [1.54, 1.807) is 24.3 Å². The summed E-state index contributed by atoms with van der Waals surface area (Å²) in [5.74, 6) is -0.102. The number of hydrogen-bond donors (Lipinski definition) is 1. The number of rotatable bonds is 4. The van der Waals surface area contributed by atoms with Crippen molar-refractivity contribution in [3.8, 4) is 5.75 Å². The van der Waals surface area contributed by atoms with Crippen molar-refractivity contribution in [2.45, 2.75) is 20.0 Å². The van der Waals surface area contributed by atoms with Gasteiger partial charge in [0.15, 0.2) is 17.6 Å². The Morgan fingerprint density at radius 2 is 1.96 bits per heavy atom. The molecule has 1 aromatic heterocycles. The van der Waals surface area contributed by atoms with Crippen LogP contribution in [0.2, 0.25) is 5.02 Å². The second-order valence-electron chi connectivity index (χ2n) is 5.36. The lowest BCUT2D eigenvalue weighted by Crippen LogP contribution is -3.00. The molecule has 0 unspecified atom stereocenters. The van der Waals surface area contributed by atoms with Gasteiger partial charge in [-0.05, 0) is 30.3 Å². The number of alkyl halides is 2. The van der Waals surface area contributed by atoms with Crippen molar-refractivity contribution in [3.63, 3.8) is 0 Å². The van der Waals surface area contributed by atoms with Crippen LogP contribution < -0.4 is 21.5 Å². The molecule has 0 saturated carbocycles. The number of benzene rings is 2. The zero-order chi connectivity index (χ0) is 17.4. The van der Waals surface area contributed by atoms with E-state index in [1.165, 1.54) is 29.7 Å². The van der Waals surface area contributed by atoms with Gasteiger partial charge >= 0.3 is 6.55 Å². The van der Waals surface area contributed by atoms with Crippen molar-refractivity contribution in [3.05, 3.63) is 58.9 Å². The minimum atomic E-state index is -2.71. The van der Waals surface area contributed by atoms with Gasteiger partial charge in [0.2, 0.25) is 5.78 Å². The molecule has 3 aromatic rings. The first-order valence-corrected chi connectivity index (χ1v) is 7.57. The number of aromatic nitrogens is 2. The Morgan fingerprint density at radius 1 is 1.28 bits per heavy atom. The Hall–Kier alpha value is -1.99. The fraction of sp³-hybridized carbons (Fsp3) is 0.176. The molecule has 132 valence electrons. The molecule has 0 spiro atoms. The highest BCUT2D eigenvalue weighted by Crippen LogP contribution is 2.24. The molecule has 0 aliphatic heterocycles. The molecular formula is C17H14BrClF2N2O2. The largest absolute Gasteiger partial charge is 1.00 e. The fourth-order valence-electron chi connectivity index (χ4n) is 2.78. The van der Waals surface area contributed by atoms with Crippen LogP contribution in [0.5, 0.6) is 5.75 Å². The highest BCUT2D eigenvalue weighted by Gasteiger charge is 2.28. The maximum Gasteiger partial charge on any atom is 0.387 e. The Labute approximate surface area is 158 Å². The third-order valence-electron chi connectivity index (χ3n) is 3.92. The minimum Gasteiger partial charge on any atom is -1.00 e. The number of nitrogens with zero attached hydrogens (tertiary/aromatic N) is 2. The zero-order valence-corrected chi connectivity index (χ0v) is 15.4. The highest BCUT2D eigenvalue weighted by molar-refractivity contribution is 6.34. The standard InChI is InChI=1S/C17H13ClF2N2O2.BrH/c1-10-21(9-16(24)12-7-6-11(23)8-13(12)18)14-4-2-3-5-15(14)22(10)17(19)20;/h2-8,17H,9H2,1H3;1H. The molecule has 0 radical (unpaired) electrons. The van der Waals surface area contributed by atoms with E-state index < -0.39 is 6.55 Å². The first-order chi connectivity index (χ1) is 11.4. The molecule has 2 aromatic carbocycles. The van der Waals surface area contributed by atoms with Gasteiger partial charge in [-0.25, -0.2) is 4.57 Å². The number of hydrogen-bond acceptors (Lipinski definition) is 2. The van der Waals surface area contributed by atoms with Crippen molar-refractivity contribution >= 4 is 28.4 Å². The normalized spacial score (nSPS) is 10.9. The number of ketones is 1. The first kappa shape index (κ1) is 19.3. The molecule has 0 aliphatic rings. The number of carbonyl (C=O) groups excluding carboxylic acids is 1. The first-order valence-electron chi connectivity index (χ1n) is 7.19. The molecule has 1 N–H and O–H groups in total. The Kier molecular flexibility index (Phi) is 5.80. The van der Waals surface area contributed by atoms with E-state index in [4.69, 9.17) is 11.6 Å². The molecule has 25 heavy (non-hydrogen) atoms. The van der Waals surface area contributed by atoms with Crippen LogP contribution in [0.15, 0.2) is 42.5 Å². The number of halogens is 4. The number of fused-ring (bicyclic) bond motifs is 1. The van der Waals surface area contributed by atoms with Gasteiger partial charge in [-0.15, -0.1) is 0 Å². The zero-order valence-electron chi connectivity index (χ0n) is 13.1. The van der Waals surface area contributed by atoms with Crippen LogP contribution in [-0.4, -0.2) is 15.5 Å². The number of phenols is 1. The van der Waals surface area contributed by atoms with E-state index in [0.717, 1.165) is 4.57 Å². The van der Waals surface area contributed by atoms with Gasteiger partial charge in [0, 0.05) is 12.5 Å². The summed E-state index contributed by atoms with van der Waals surface area (Å²) in [6.07, 6.45) is 0. The summed E-state index contributed by atoms with van der Waals surface area (Å²) in [6, 6.07) is 10.7. The van der Waals surface area contributed by atoms with Gasteiger partial charge in [0.25, 0.3) is 5.82 Å². The quantitative estimate of drug-likeness (QED) is 0.492. The fourth-order valence-corrected chi connectivity index (χ4v) is 3.06. The smallest absolute Gasteiger partial charge is 0.387 e. The van der Waals surface area contributed by atoms with Gasteiger partial charge in [-0.1, -0.05) is 23.7 Å². The molecule has 0 bridgehead atoms. The van der Waals surface area contributed by atoms with E-state index >= 15 is 0 Å². The summed E-state index contributed by atoms with van der Waals surface area (Å²) in [4.78, 5) is 12.5. The van der Waals surface area contributed by atoms with Crippen LogP contribution >= 0.6 is 11.6 Å². The van der Waals surface area contributed by atoms with Crippen LogP contribution in [0.4, 0.5) is 8.78 Å². The molecule has 0 aliphatic carbocycles. The summed E-state index contributed by atoms with van der Waals surface area (Å²) in [5, 5.41) is 9.49. The van der Waals surface area contributed by atoms with Crippen LogP contribution in [0.1, 0.15) is 22.7 Å². The third-order valence-corrected chi connectivity index (χ3v) is 4.23. The van der Waals surface area contributed by atoms with Crippen molar-refractivity contribution in [1.29, 1.82) is 0 Å². The van der Waals surface area contributed by atoms with E-state index in [-0.39, 0.29) is 51.5 Å². The van der Waals surface area contributed by atoms with E-state index in [2.05, 4.69) is 0 Å². The number of phenolic OH excluding ortho intramolecular Hbond substituents is 1. The van der Waals surface area contributed by atoms with Gasteiger partial charge in [0.1, 0.15) is 5.75 Å². The topological polar surface area (TPSA) is 46.1 Å². The summed E-state index contributed by atoms with van der Waals surface area (Å²) in [6.45, 7) is -1.29. The van der Waals surface area contributed by atoms with Gasteiger partial charge < -0.3 is 22.1 Å². The van der Waals surface area contributed by atoms with Crippen LogP contribution in [-0.2, 0) is 6.54 Å². The lowest BCUT2D eigenvalue weighted by atomic mass is 10.1. The molecule has 0 fully saturated rings. The predicted molar refractivity (Wildman–Crippen MR) is 85.6 cm³/mol. The average Bonchev–Trinajstić information content (AvgIpc) is 2.79. The number of imidazole rings is 1. The number of carbonyl (C=O) groups is 1. The van der Waals surface area contributed by atoms with Crippen LogP contribution in [0, 0.1) is 6.92 Å². The molecular weight excluding hydrogens is 418 g/mol. The minimum absolute atomic E-state index is 0. The maximum absolute atomic E-state index is 13.4. The van der Waals surface area contributed by atoms with Crippen molar-refractivity contribution < 1.29 is 40.2 Å². The Bertz CT molecular complexity index is 944. The number of Topliss-reactive ketones (excluding diaryl/α,β-unsaturated/α-hetero) is 1. The van der Waals surface area contributed by atoms with Gasteiger partial charge in [-0.3, -0.25) is 4.79 Å². The summed E-state index contributed by atoms with van der Waals surface area (Å²) < 4.78 is 29.1. The van der Waals surface area contributed by atoms with E-state index in [1.807, 2.05) is 0 Å². The molecule has 0 saturated heterocycles. The number of aromatic hydroxyl groups is 1. The SMILES string of the molecule is Cc1n(C(F)F)c2ccccc2[n+]1CC(=O)c1ccc(O)cc1Cl.[Br-]. The van der Waals surface area contributed by atoms with Crippen LogP contribution in [0.3, 0.4) is 0 Å². The molecule has 3 rings (SSSR count). The monoisotopic (exact) mass is 430 g/mol. The summed E-state index contributed by atoms with van der Waals surface area (Å²) >= 11 is 5.99. The van der Waals surface area contributed by atoms with Crippen LogP contribution in [0.25, 0.3) is 11.0 Å². The van der Waals surface area contributed by atoms with Crippen molar-refractivity contribution in [1.82, 2.24) is 4.57 Å². The summed E-state index contributed by atoms with van der Waals surface area (Å²) in [5.41, 5.74) is 1.13. The Morgan fingerprint density at radius 3 is 2.60 bits per heavy atom. The third kappa shape index (κ3) is 3.52. The maximum atomic E-state index is 13.4.